The maximum atomic E-state index is 11.4. The van der Waals surface area contributed by atoms with Gasteiger partial charge in [0, 0.05) is 29.9 Å². The van der Waals surface area contributed by atoms with Crippen LogP contribution in [0.5, 0.6) is 0 Å². The smallest absolute Gasteiger partial charge is 0.248 e. The molecule has 8 nitrogen and oxygen atoms in total. The maximum absolute atomic E-state index is 11.4. The molecule has 4 aromatic heterocycles. The van der Waals surface area contributed by atoms with E-state index in [0.717, 1.165) is 45.4 Å². The van der Waals surface area contributed by atoms with Crippen LogP contribution < -0.4 is 5.56 Å². The third kappa shape index (κ3) is 2.84. The summed E-state index contributed by atoms with van der Waals surface area (Å²) in [4.78, 5) is 19.0. The molecule has 138 valence electrons. The number of hydrogen-bond donors (Lipinski definition) is 1. The van der Waals surface area contributed by atoms with Crippen LogP contribution in [0.3, 0.4) is 0 Å². The summed E-state index contributed by atoms with van der Waals surface area (Å²) in [6.07, 6.45) is 3.79. The van der Waals surface area contributed by atoms with Gasteiger partial charge in [0.05, 0.1) is 18.4 Å². The molecule has 0 saturated carbocycles. The van der Waals surface area contributed by atoms with Crippen molar-refractivity contribution in [1.29, 1.82) is 0 Å². The van der Waals surface area contributed by atoms with E-state index in [4.69, 9.17) is 4.98 Å². The van der Waals surface area contributed by atoms with Crippen molar-refractivity contribution in [3.8, 4) is 11.3 Å². The van der Waals surface area contributed by atoms with Crippen LogP contribution >= 0.6 is 0 Å². The van der Waals surface area contributed by atoms with E-state index in [2.05, 4.69) is 20.4 Å². The van der Waals surface area contributed by atoms with Gasteiger partial charge in [-0.2, -0.15) is 5.10 Å². The number of rotatable bonds is 4. The van der Waals surface area contributed by atoms with E-state index >= 15 is 0 Å². The highest BCUT2D eigenvalue weighted by Gasteiger charge is 2.10. The lowest BCUT2D eigenvalue weighted by molar-refractivity contribution is 0.660. The van der Waals surface area contributed by atoms with Crippen LogP contribution in [0, 0.1) is 0 Å². The van der Waals surface area contributed by atoms with Crippen LogP contribution in [-0.2, 0) is 13.1 Å². The van der Waals surface area contributed by atoms with Crippen molar-refractivity contribution in [3.63, 3.8) is 0 Å². The van der Waals surface area contributed by atoms with Gasteiger partial charge in [-0.1, -0.05) is 11.3 Å². The van der Waals surface area contributed by atoms with Crippen molar-refractivity contribution in [1.82, 2.24) is 34.7 Å². The van der Waals surface area contributed by atoms with Gasteiger partial charge >= 0.3 is 0 Å². The van der Waals surface area contributed by atoms with Crippen molar-refractivity contribution in [2.24, 2.45) is 0 Å². The highest BCUT2D eigenvalue weighted by molar-refractivity contribution is 5.79. The first-order valence-electron chi connectivity index (χ1n) is 9.04. The van der Waals surface area contributed by atoms with Crippen molar-refractivity contribution in [3.05, 3.63) is 70.8 Å². The topological polar surface area (TPSA) is 94.3 Å². The Labute approximate surface area is 159 Å². The number of H-pyrrole nitrogens is 1. The fraction of sp³-hybridized carbons (Fsp3) is 0.150. The Bertz CT molecular complexity index is 1360. The third-order valence-electron chi connectivity index (χ3n) is 4.73. The highest BCUT2D eigenvalue weighted by Crippen LogP contribution is 2.20. The first-order chi connectivity index (χ1) is 13.7. The molecule has 0 unspecified atom stereocenters. The second kappa shape index (κ2) is 6.41. The van der Waals surface area contributed by atoms with Gasteiger partial charge in [-0.25, -0.2) is 9.67 Å². The standard InChI is InChI=1S/C20H17N7O/c1-2-26-12-15(10-21-26)17-6-7-18-20(23-17)27(25-24-18)11-13-3-5-16-14(9-13)4-8-19(28)22-16/h3-10,12H,2,11H2,1H3,(H,22,28). The Morgan fingerprint density at radius 1 is 1.11 bits per heavy atom. The molecule has 0 bridgehead atoms. The van der Waals surface area contributed by atoms with Crippen molar-refractivity contribution in [2.75, 3.05) is 0 Å². The lowest BCUT2D eigenvalue weighted by Gasteiger charge is -2.05. The van der Waals surface area contributed by atoms with Crippen LogP contribution in [0.4, 0.5) is 0 Å². The Kier molecular flexibility index (Phi) is 3.75. The van der Waals surface area contributed by atoms with Gasteiger partial charge in [-0.15, -0.1) is 5.10 Å². The second-order valence-corrected chi connectivity index (χ2v) is 6.62. The zero-order chi connectivity index (χ0) is 19.1. The molecule has 0 aliphatic carbocycles. The molecular formula is C20H17N7O. The monoisotopic (exact) mass is 371 g/mol. The molecule has 0 fully saturated rings. The number of hydrogen-bond acceptors (Lipinski definition) is 5. The number of fused-ring (bicyclic) bond motifs is 2. The molecule has 8 heteroatoms. The summed E-state index contributed by atoms with van der Waals surface area (Å²) in [6, 6.07) is 13.1. The summed E-state index contributed by atoms with van der Waals surface area (Å²) in [6.45, 7) is 3.40. The molecule has 0 aliphatic rings. The second-order valence-electron chi connectivity index (χ2n) is 6.62. The SMILES string of the molecule is CCn1cc(-c2ccc3nnn(Cc4ccc5[nH]c(=O)ccc5c4)c3n2)cn1. The summed E-state index contributed by atoms with van der Waals surface area (Å²) in [5, 5.41) is 13.8. The number of aromatic nitrogens is 7. The Morgan fingerprint density at radius 2 is 2.04 bits per heavy atom. The summed E-state index contributed by atoms with van der Waals surface area (Å²) >= 11 is 0. The highest BCUT2D eigenvalue weighted by atomic mass is 16.1. The zero-order valence-electron chi connectivity index (χ0n) is 15.2. The first kappa shape index (κ1) is 16.4. The largest absolute Gasteiger partial charge is 0.322 e. The van der Waals surface area contributed by atoms with Gasteiger partial charge in [-0.3, -0.25) is 9.48 Å². The number of pyridine rings is 2. The fourth-order valence-corrected chi connectivity index (χ4v) is 3.26. The van der Waals surface area contributed by atoms with E-state index in [-0.39, 0.29) is 5.56 Å². The molecule has 28 heavy (non-hydrogen) atoms. The minimum absolute atomic E-state index is 0.106. The van der Waals surface area contributed by atoms with Crippen molar-refractivity contribution < 1.29 is 0 Å². The van der Waals surface area contributed by atoms with Crippen LogP contribution in [0.15, 0.2) is 59.7 Å². The van der Waals surface area contributed by atoms with Gasteiger partial charge in [-0.05, 0) is 48.2 Å². The van der Waals surface area contributed by atoms with E-state index < -0.39 is 0 Å². The summed E-state index contributed by atoms with van der Waals surface area (Å²) in [7, 11) is 0. The predicted molar refractivity (Wildman–Crippen MR) is 106 cm³/mol. The molecule has 0 atom stereocenters. The van der Waals surface area contributed by atoms with Gasteiger partial charge in [0.1, 0.15) is 5.52 Å². The van der Waals surface area contributed by atoms with Crippen molar-refractivity contribution in [2.45, 2.75) is 20.0 Å². The zero-order valence-corrected chi connectivity index (χ0v) is 15.2. The van der Waals surface area contributed by atoms with E-state index in [1.54, 1.807) is 4.68 Å². The molecule has 1 aromatic carbocycles. The van der Waals surface area contributed by atoms with E-state index in [1.165, 1.54) is 6.07 Å². The average Bonchev–Trinajstić information content (AvgIpc) is 3.35. The predicted octanol–water partition coefficient (Wildman–Crippen LogP) is 2.60. The molecule has 0 aliphatic heterocycles. The van der Waals surface area contributed by atoms with Gasteiger partial charge in [0.2, 0.25) is 5.56 Å². The number of benzene rings is 1. The fourth-order valence-electron chi connectivity index (χ4n) is 3.26. The number of nitrogens with zero attached hydrogens (tertiary/aromatic N) is 6. The number of nitrogens with one attached hydrogen (secondary N) is 1. The number of aromatic amines is 1. The number of aryl methyl sites for hydroxylation is 1. The Morgan fingerprint density at radius 3 is 2.89 bits per heavy atom. The van der Waals surface area contributed by atoms with Gasteiger partial charge < -0.3 is 4.98 Å². The molecule has 5 aromatic rings. The lowest BCUT2D eigenvalue weighted by Crippen LogP contribution is -2.05. The maximum Gasteiger partial charge on any atom is 0.248 e. The van der Waals surface area contributed by atoms with Crippen molar-refractivity contribution >= 4 is 22.1 Å². The van der Waals surface area contributed by atoms with Crippen LogP contribution in [0.25, 0.3) is 33.3 Å². The van der Waals surface area contributed by atoms with E-state index in [1.807, 2.05) is 60.4 Å². The minimum atomic E-state index is -0.106. The van der Waals surface area contributed by atoms with Gasteiger partial charge in [0.15, 0.2) is 5.65 Å². The van der Waals surface area contributed by atoms with Crippen LogP contribution in [0.2, 0.25) is 0 Å². The molecule has 4 heterocycles. The van der Waals surface area contributed by atoms with Gasteiger partial charge in [0.25, 0.3) is 0 Å². The molecule has 1 N–H and O–H groups in total. The van der Waals surface area contributed by atoms with Crippen LogP contribution in [-0.4, -0.2) is 34.7 Å². The van der Waals surface area contributed by atoms with E-state index in [9.17, 15) is 4.79 Å². The Hall–Kier alpha value is -3.81. The minimum Gasteiger partial charge on any atom is -0.322 e. The molecule has 0 amide bonds. The lowest BCUT2D eigenvalue weighted by atomic mass is 10.1. The molecule has 0 spiro atoms. The molecule has 0 saturated heterocycles. The summed E-state index contributed by atoms with van der Waals surface area (Å²) in [5.41, 5.74) is 5.04. The Balaban J connectivity index is 1.52. The quantitative estimate of drug-likeness (QED) is 0.524. The van der Waals surface area contributed by atoms with E-state index in [0.29, 0.717) is 6.54 Å². The summed E-state index contributed by atoms with van der Waals surface area (Å²) < 4.78 is 3.66. The normalized spacial score (nSPS) is 11.5. The first-order valence-corrected chi connectivity index (χ1v) is 9.04. The summed E-state index contributed by atoms with van der Waals surface area (Å²) in [5.74, 6) is 0. The third-order valence-corrected chi connectivity index (χ3v) is 4.73. The molecular weight excluding hydrogens is 354 g/mol. The average molecular weight is 371 g/mol. The molecule has 5 rings (SSSR count). The molecule has 0 radical (unpaired) electrons. The van der Waals surface area contributed by atoms with Crippen LogP contribution in [0.1, 0.15) is 12.5 Å².